The molecule has 1 saturated heterocycles. The van der Waals surface area contributed by atoms with Crippen molar-refractivity contribution in [3.8, 4) is 17.2 Å². The van der Waals surface area contributed by atoms with Gasteiger partial charge in [0.05, 0.1) is 17.3 Å². The van der Waals surface area contributed by atoms with Crippen LogP contribution in [0.4, 0.5) is 5.82 Å². The van der Waals surface area contributed by atoms with Gasteiger partial charge in [-0.15, -0.1) is 0 Å². The van der Waals surface area contributed by atoms with Crippen LogP contribution in [0, 0.1) is 11.3 Å². The summed E-state index contributed by atoms with van der Waals surface area (Å²) in [5.41, 5.74) is 4.31. The summed E-state index contributed by atoms with van der Waals surface area (Å²) in [6.45, 7) is 2.01. The van der Waals surface area contributed by atoms with Crippen molar-refractivity contribution in [3.05, 3.63) is 54.5 Å². The van der Waals surface area contributed by atoms with Gasteiger partial charge in [-0.05, 0) is 31.5 Å². The number of aromatic amines is 1. The second-order valence-corrected chi connectivity index (χ2v) is 7.18. The lowest BCUT2D eigenvalue weighted by Gasteiger charge is -2.24. The summed E-state index contributed by atoms with van der Waals surface area (Å²) in [6.07, 6.45) is 7.68. The summed E-state index contributed by atoms with van der Waals surface area (Å²) in [4.78, 5) is 12.3. The Labute approximate surface area is 162 Å². The van der Waals surface area contributed by atoms with Crippen LogP contribution >= 0.6 is 0 Å². The molecule has 0 radical (unpaired) electrons. The number of fused-ring (bicyclic) bond motifs is 2. The van der Waals surface area contributed by atoms with E-state index in [9.17, 15) is 5.26 Å². The molecule has 4 heterocycles. The van der Waals surface area contributed by atoms with E-state index in [-0.39, 0.29) is 0 Å². The highest BCUT2D eigenvalue weighted by atomic mass is 15.1. The first kappa shape index (κ1) is 16.7. The van der Waals surface area contributed by atoms with Gasteiger partial charge in [0.2, 0.25) is 0 Å². The lowest BCUT2D eigenvalue weighted by atomic mass is 9.97. The molecule has 1 unspecified atom stereocenters. The van der Waals surface area contributed by atoms with Crippen molar-refractivity contribution in [2.45, 2.75) is 18.9 Å². The lowest BCUT2D eigenvalue weighted by molar-refractivity contribution is 0.479. The van der Waals surface area contributed by atoms with Crippen LogP contribution in [-0.4, -0.2) is 34.1 Å². The average molecular weight is 368 g/mol. The average Bonchev–Trinajstić information content (AvgIpc) is 3.17. The smallest absolute Gasteiger partial charge is 0.126 e. The number of aromatic nitrogens is 3. The molecule has 5 rings (SSSR count). The molecule has 0 amide bonds. The Kier molecular flexibility index (Phi) is 4.15. The maximum atomic E-state index is 9.74. The van der Waals surface area contributed by atoms with Gasteiger partial charge in [0, 0.05) is 52.4 Å². The minimum absolute atomic E-state index is 0.363. The molecule has 0 aliphatic carbocycles. The molecule has 6 heteroatoms. The molecule has 1 aromatic carbocycles. The quantitative estimate of drug-likeness (QED) is 0.512. The Balaban J connectivity index is 1.68. The maximum Gasteiger partial charge on any atom is 0.126 e. The van der Waals surface area contributed by atoms with E-state index in [2.05, 4.69) is 37.7 Å². The molecule has 6 nitrogen and oxygen atoms in total. The molecule has 3 N–H and O–H groups in total. The molecule has 4 aromatic rings. The van der Waals surface area contributed by atoms with Crippen molar-refractivity contribution in [2.75, 3.05) is 18.4 Å². The number of benzene rings is 1. The zero-order valence-corrected chi connectivity index (χ0v) is 15.4. The van der Waals surface area contributed by atoms with Crippen LogP contribution in [0.15, 0.2) is 48.9 Å². The topological polar surface area (TPSA) is 89.4 Å². The van der Waals surface area contributed by atoms with Crippen molar-refractivity contribution < 1.29 is 0 Å². The van der Waals surface area contributed by atoms with E-state index in [1.807, 2.05) is 30.5 Å². The molecule has 0 bridgehead atoms. The Morgan fingerprint density at radius 1 is 1.14 bits per heavy atom. The summed E-state index contributed by atoms with van der Waals surface area (Å²) >= 11 is 0. The molecule has 1 atom stereocenters. The number of nitrogens with zero attached hydrogens (tertiary/aromatic N) is 3. The third-order valence-electron chi connectivity index (χ3n) is 5.38. The van der Waals surface area contributed by atoms with Crippen LogP contribution < -0.4 is 10.6 Å². The molecular formula is C22H20N6. The first-order chi connectivity index (χ1) is 13.8. The largest absolute Gasteiger partial charge is 0.366 e. The molecule has 0 spiro atoms. The first-order valence-electron chi connectivity index (χ1n) is 9.56. The number of H-pyrrole nitrogens is 1. The predicted octanol–water partition coefficient (Wildman–Crippen LogP) is 3.81. The van der Waals surface area contributed by atoms with Crippen LogP contribution in [0.5, 0.6) is 0 Å². The van der Waals surface area contributed by atoms with Gasteiger partial charge in [-0.1, -0.05) is 18.2 Å². The minimum Gasteiger partial charge on any atom is -0.366 e. The molecule has 1 aliphatic rings. The Hall–Kier alpha value is -3.43. The van der Waals surface area contributed by atoms with Crippen molar-refractivity contribution in [1.29, 1.82) is 5.26 Å². The SMILES string of the molecule is N#Cc1cnc2cnc(NC3CCCNC3)cc2c1-c1c[nH]c2ccccc12. The van der Waals surface area contributed by atoms with Gasteiger partial charge < -0.3 is 15.6 Å². The van der Waals surface area contributed by atoms with E-state index in [0.29, 0.717) is 11.6 Å². The number of hydrogen-bond acceptors (Lipinski definition) is 5. The first-order valence-corrected chi connectivity index (χ1v) is 9.56. The normalized spacial score (nSPS) is 16.9. The fourth-order valence-electron chi connectivity index (χ4n) is 4.01. The Morgan fingerprint density at radius 3 is 2.93 bits per heavy atom. The van der Waals surface area contributed by atoms with Crippen LogP contribution in [-0.2, 0) is 0 Å². The zero-order valence-electron chi connectivity index (χ0n) is 15.4. The zero-order chi connectivity index (χ0) is 18.9. The molecule has 138 valence electrons. The fraction of sp³-hybridized carbons (Fsp3) is 0.227. The maximum absolute atomic E-state index is 9.74. The monoisotopic (exact) mass is 368 g/mol. The van der Waals surface area contributed by atoms with Crippen molar-refractivity contribution in [1.82, 2.24) is 20.3 Å². The summed E-state index contributed by atoms with van der Waals surface area (Å²) in [5, 5.41) is 18.7. The van der Waals surface area contributed by atoms with Gasteiger partial charge >= 0.3 is 0 Å². The van der Waals surface area contributed by atoms with E-state index in [1.54, 1.807) is 12.4 Å². The highest BCUT2D eigenvalue weighted by molar-refractivity contribution is 6.06. The predicted molar refractivity (Wildman–Crippen MR) is 111 cm³/mol. The number of para-hydroxylation sites is 1. The van der Waals surface area contributed by atoms with Gasteiger partial charge in [-0.25, -0.2) is 4.98 Å². The molecule has 0 saturated carbocycles. The number of rotatable bonds is 3. The molecule has 3 aromatic heterocycles. The molecule has 1 fully saturated rings. The van der Waals surface area contributed by atoms with Crippen LogP contribution in [0.2, 0.25) is 0 Å². The van der Waals surface area contributed by atoms with Crippen molar-refractivity contribution in [2.24, 2.45) is 0 Å². The Morgan fingerprint density at radius 2 is 2.07 bits per heavy atom. The highest BCUT2D eigenvalue weighted by Gasteiger charge is 2.17. The third-order valence-corrected chi connectivity index (χ3v) is 5.38. The van der Waals surface area contributed by atoms with Gasteiger partial charge in [0.1, 0.15) is 11.9 Å². The number of piperidine rings is 1. The summed E-state index contributed by atoms with van der Waals surface area (Å²) in [7, 11) is 0. The second kappa shape index (κ2) is 6.95. The Bertz CT molecular complexity index is 1200. The van der Waals surface area contributed by atoms with E-state index < -0.39 is 0 Å². The standard InChI is InChI=1S/C22H20N6/c23-9-14-10-25-20-13-27-21(28-15-4-3-7-24-11-15)8-17(20)22(14)18-12-26-19-6-2-1-5-16(18)19/h1-2,5-6,8,10,12-13,15,24,26H,3-4,7,11H2,(H,27,28). The van der Waals surface area contributed by atoms with Crippen LogP contribution in [0.25, 0.3) is 32.9 Å². The van der Waals surface area contributed by atoms with Crippen LogP contribution in [0.3, 0.4) is 0 Å². The van der Waals surface area contributed by atoms with Crippen LogP contribution in [0.1, 0.15) is 18.4 Å². The lowest BCUT2D eigenvalue weighted by Crippen LogP contribution is -2.38. The van der Waals surface area contributed by atoms with E-state index in [0.717, 1.165) is 64.7 Å². The van der Waals surface area contributed by atoms with E-state index in [4.69, 9.17) is 0 Å². The number of pyridine rings is 2. The number of anilines is 1. The fourth-order valence-corrected chi connectivity index (χ4v) is 4.01. The van der Waals surface area contributed by atoms with Gasteiger partial charge in [-0.2, -0.15) is 5.26 Å². The summed E-state index contributed by atoms with van der Waals surface area (Å²) < 4.78 is 0. The van der Waals surface area contributed by atoms with Gasteiger partial charge in [0.15, 0.2) is 0 Å². The third kappa shape index (κ3) is 2.86. The van der Waals surface area contributed by atoms with Crippen molar-refractivity contribution in [3.63, 3.8) is 0 Å². The number of nitriles is 1. The number of nitrogens with one attached hydrogen (secondary N) is 3. The summed E-state index contributed by atoms with van der Waals surface area (Å²) in [6, 6.07) is 12.8. The van der Waals surface area contributed by atoms with Crippen molar-refractivity contribution >= 4 is 27.6 Å². The van der Waals surface area contributed by atoms with E-state index >= 15 is 0 Å². The number of hydrogen-bond donors (Lipinski definition) is 3. The van der Waals surface area contributed by atoms with Gasteiger partial charge in [0.25, 0.3) is 0 Å². The molecule has 28 heavy (non-hydrogen) atoms. The minimum atomic E-state index is 0.363. The molecule has 1 aliphatic heterocycles. The molecular weight excluding hydrogens is 348 g/mol. The highest BCUT2D eigenvalue weighted by Crippen LogP contribution is 2.36. The van der Waals surface area contributed by atoms with Gasteiger partial charge in [-0.3, -0.25) is 4.98 Å². The summed E-state index contributed by atoms with van der Waals surface area (Å²) in [5.74, 6) is 0.819. The second-order valence-electron chi connectivity index (χ2n) is 7.18. The van der Waals surface area contributed by atoms with E-state index in [1.165, 1.54) is 0 Å².